The highest BCUT2D eigenvalue weighted by Crippen LogP contribution is 2.32. The Morgan fingerprint density at radius 2 is 1.76 bits per heavy atom. The van der Waals surface area contributed by atoms with Crippen molar-refractivity contribution in [1.82, 2.24) is 0 Å². The van der Waals surface area contributed by atoms with Gasteiger partial charge in [0.05, 0.1) is 7.11 Å². The average molecular weight is 455 g/mol. The first-order chi connectivity index (χ1) is 14.0. The van der Waals surface area contributed by atoms with Crippen LogP contribution in [-0.4, -0.2) is 18.9 Å². The highest BCUT2D eigenvalue weighted by Gasteiger charge is 2.24. The maximum Gasteiger partial charge on any atom is 0.293 e. The zero-order valence-electron chi connectivity index (χ0n) is 15.2. The van der Waals surface area contributed by atoms with Crippen molar-refractivity contribution in [2.24, 2.45) is 0 Å². The predicted molar refractivity (Wildman–Crippen MR) is 112 cm³/mol. The Kier molecular flexibility index (Phi) is 5.09. The summed E-state index contributed by atoms with van der Waals surface area (Å²) in [5.41, 5.74) is 1.26. The summed E-state index contributed by atoms with van der Waals surface area (Å²) >= 11 is 3.17. The number of hydrogen-bond donors (Lipinski definition) is 2. The summed E-state index contributed by atoms with van der Waals surface area (Å²) in [6.07, 6.45) is 0. The van der Waals surface area contributed by atoms with Crippen molar-refractivity contribution in [3.05, 3.63) is 76.9 Å². The van der Waals surface area contributed by atoms with Crippen LogP contribution < -0.4 is 15.4 Å². The third-order valence-electron chi connectivity index (χ3n) is 4.16. The van der Waals surface area contributed by atoms with Crippen molar-refractivity contribution >= 4 is 50.1 Å². The lowest BCUT2D eigenvalue weighted by Crippen LogP contribution is -2.16. The van der Waals surface area contributed by atoms with Gasteiger partial charge in [-0.25, -0.2) is 0 Å². The summed E-state index contributed by atoms with van der Waals surface area (Å²) in [7, 11) is 1.54. The summed E-state index contributed by atoms with van der Waals surface area (Å²) in [5, 5.41) is 6.08. The molecular formula is C21H15BrN2O5. The van der Waals surface area contributed by atoms with Gasteiger partial charge in [-0.05, 0) is 52.3 Å². The number of benzene rings is 2. The van der Waals surface area contributed by atoms with E-state index in [1.807, 2.05) is 0 Å². The number of hydrogen-bond acceptors (Lipinski definition) is 5. The molecular weight excluding hydrogens is 440 g/mol. The fraction of sp³-hybridized carbons (Fsp3) is 0.0476. The number of carbonyl (C=O) groups is 2. The molecule has 2 amide bonds. The first-order valence-corrected chi connectivity index (χ1v) is 9.38. The van der Waals surface area contributed by atoms with Gasteiger partial charge in [0, 0.05) is 17.1 Å². The van der Waals surface area contributed by atoms with Gasteiger partial charge in [0.15, 0.2) is 10.4 Å². The molecule has 4 rings (SSSR count). The monoisotopic (exact) mass is 454 g/mol. The molecule has 8 heteroatoms. The predicted octanol–water partition coefficient (Wildman–Crippen LogP) is 5.30. The van der Waals surface area contributed by atoms with E-state index in [1.165, 1.54) is 6.07 Å². The number of furan rings is 2. The molecule has 0 saturated heterocycles. The van der Waals surface area contributed by atoms with Crippen LogP contribution in [-0.2, 0) is 0 Å². The smallest absolute Gasteiger partial charge is 0.293 e. The van der Waals surface area contributed by atoms with Crippen LogP contribution in [0.5, 0.6) is 5.75 Å². The number of nitrogens with one attached hydrogen (secondary N) is 2. The Morgan fingerprint density at radius 3 is 2.52 bits per heavy atom. The summed E-state index contributed by atoms with van der Waals surface area (Å²) in [6.45, 7) is 0. The Bertz CT molecular complexity index is 1210. The lowest BCUT2D eigenvalue weighted by atomic mass is 10.2. The number of anilines is 2. The first-order valence-electron chi connectivity index (χ1n) is 8.59. The Hall–Kier alpha value is -3.52. The van der Waals surface area contributed by atoms with Crippen LogP contribution in [0.25, 0.3) is 11.0 Å². The molecule has 0 aliphatic rings. The number of carbonyl (C=O) groups excluding carboxylic acids is 2. The molecule has 2 aromatic carbocycles. The van der Waals surface area contributed by atoms with Gasteiger partial charge in [-0.1, -0.05) is 18.2 Å². The maximum atomic E-state index is 12.9. The van der Waals surface area contributed by atoms with E-state index < -0.39 is 11.8 Å². The fourth-order valence-electron chi connectivity index (χ4n) is 2.83. The minimum Gasteiger partial charge on any atom is -0.497 e. The number of halogens is 1. The third kappa shape index (κ3) is 3.88. The van der Waals surface area contributed by atoms with E-state index in [9.17, 15) is 9.59 Å². The average Bonchev–Trinajstić information content (AvgIpc) is 3.32. The van der Waals surface area contributed by atoms with Crippen molar-refractivity contribution < 1.29 is 23.2 Å². The Balaban J connectivity index is 1.68. The van der Waals surface area contributed by atoms with E-state index in [2.05, 4.69) is 26.6 Å². The summed E-state index contributed by atoms with van der Waals surface area (Å²) < 4.78 is 16.6. The molecule has 4 aromatic rings. The topological polar surface area (TPSA) is 93.7 Å². The van der Waals surface area contributed by atoms with E-state index in [0.29, 0.717) is 27.1 Å². The highest BCUT2D eigenvalue weighted by molar-refractivity contribution is 9.10. The highest BCUT2D eigenvalue weighted by atomic mass is 79.9. The zero-order chi connectivity index (χ0) is 20.4. The van der Waals surface area contributed by atoms with E-state index >= 15 is 0 Å². The van der Waals surface area contributed by atoms with Crippen molar-refractivity contribution in [1.29, 1.82) is 0 Å². The third-order valence-corrected chi connectivity index (χ3v) is 4.59. The molecule has 146 valence electrons. The largest absolute Gasteiger partial charge is 0.497 e. The number of rotatable bonds is 5. The van der Waals surface area contributed by atoms with Gasteiger partial charge in [-0.15, -0.1) is 0 Å². The Labute approximate surface area is 173 Å². The molecule has 29 heavy (non-hydrogen) atoms. The number of fused-ring (bicyclic) bond motifs is 1. The quantitative estimate of drug-likeness (QED) is 0.426. The van der Waals surface area contributed by atoms with Gasteiger partial charge in [0.25, 0.3) is 11.8 Å². The number of para-hydroxylation sites is 1. The van der Waals surface area contributed by atoms with Gasteiger partial charge in [0.1, 0.15) is 17.0 Å². The van der Waals surface area contributed by atoms with Crippen LogP contribution in [0.3, 0.4) is 0 Å². The molecule has 0 aliphatic heterocycles. The van der Waals surface area contributed by atoms with Gasteiger partial charge < -0.3 is 24.2 Å². The van der Waals surface area contributed by atoms with Crippen LogP contribution in [0.15, 0.2) is 74.2 Å². The van der Waals surface area contributed by atoms with Crippen LogP contribution >= 0.6 is 15.9 Å². The van der Waals surface area contributed by atoms with E-state index in [0.717, 1.165) is 0 Å². The standard InChI is InChI=1S/C21H15BrN2O5/c1-27-13-6-4-5-12(11-13)23-21(26)19-18(14-7-2-3-8-15(14)29-19)24-20(25)16-9-10-17(22)28-16/h2-11H,1H3,(H,23,26)(H,24,25). The minimum atomic E-state index is -0.509. The lowest BCUT2D eigenvalue weighted by Gasteiger charge is -2.07. The van der Waals surface area contributed by atoms with Crippen LogP contribution in [0.2, 0.25) is 0 Å². The molecule has 2 heterocycles. The summed E-state index contributed by atoms with van der Waals surface area (Å²) in [6, 6.07) is 17.1. The van der Waals surface area contributed by atoms with Gasteiger partial charge in [-0.2, -0.15) is 0 Å². The van der Waals surface area contributed by atoms with Crippen LogP contribution in [0, 0.1) is 0 Å². The summed E-state index contributed by atoms with van der Waals surface area (Å²) in [5.74, 6) is -0.332. The van der Waals surface area contributed by atoms with Crippen molar-refractivity contribution in [2.75, 3.05) is 17.7 Å². The molecule has 0 atom stereocenters. The number of amides is 2. The number of ether oxygens (including phenoxy) is 1. The van der Waals surface area contributed by atoms with Crippen molar-refractivity contribution in [2.45, 2.75) is 0 Å². The molecule has 0 fully saturated rings. The van der Waals surface area contributed by atoms with Crippen molar-refractivity contribution in [3.63, 3.8) is 0 Å². The molecule has 0 aliphatic carbocycles. The molecule has 0 unspecified atom stereocenters. The molecule has 2 aromatic heterocycles. The fourth-order valence-corrected chi connectivity index (χ4v) is 3.14. The number of methoxy groups -OCH3 is 1. The normalized spacial score (nSPS) is 10.7. The SMILES string of the molecule is COc1cccc(NC(=O)c2oc3ccccc3c2NC(=O)c2ccc(Br)o2)c1. The molecule has 0 radical (unpaired) electrons. The van der Waals surface area contributed by atoms with E-state index in [-0.39, 0.29) is 17.2 Å². The van der Waals surface area contributed by atoms with Gasteiger partial charge in [0.2, 0.25) is 5.76 Å². The zero-order valence-corrected chi connectivity index (χ0v) is 16.8. The van der Waals surface area contributed by atoms with Gasteiger partial charge >= 0.3 is 0 Å². The Morgan fingerprint density at radius 1 is 0.931 bits per heavy atom. The van der Waals surface area contributed by atoms with E-state index in [4.69, 9.17) is 13.6 Å². The van der Waals surface area contributed by atoms with Crippen LogP contribution in [0.4, 0.5) is 11.4 Å². The summed E-state index contributed by atoms with van der Waals surface area (Å²) in [4.78, 5) is 25.5. The first kappa shape index (κ1) is 18.8. The second kappa shape index (κ2) is 7.84. The molecule has 7 nitrogen and oxygen atoms in total. The van der Waals surface area contributed by atoms with Crippen molar-refractivity contribution in [3.8, 4) is 5.75 Å². The molecule has 0 spiro atoms. The second-order valence-corrected chi connectivity index (χ2v) is 6.83. The lowest BCUT2D eigenvalue weighted by molar-refractivity contribution is 0.0995. The maximum absolute atomic E-state index is 12.9. The van der Waals surface area contributed by atoms with E-state index in [1.54, 1.807) is 61.7 Å². The second-order valence-electron chi connectivity index (χ2n) is 6.05. The molecule has 0 saturated carbocycles. The molecule has 0 bridgehead atoms. The van der Waals surface area contributed by atoms with Gasteiger partial charge in [-0.3, -0.25) is 9.59 Å². The van der Waals surface area contributed by atoms with Crippen LogP contribution in [0.1, 0.15) is 21.1 Å². The minimum absolute atomic E-state index is 0.0204. The molecule has 2 N–H and O–H groups in total.